The number of aromatic nitrogens is 2. The Bertz CT molecular complexity index is 286. The summed E-state index contributed by atoms with van der Waals surface area (Å²) in [5.74, 6) is 0. The minimum Gasteiger partial charge on any atom is -0.306 e. The van der Waals surface area contributed by atoms with E-state index in [1.54, 1.807) is 6.33 Å². The van der Waals surface area contributed by atoms with Gasteiger partial charge in [0.05, 0.1) is 18.0 Å². The average Bonchev–Trinajstić information content (AvgIpc) is 2.33. The van der Waals surface area contributed by atoms with Crippen LogP contribution in [0.1, 0.15) is 0 Å². The van der Waals surface area contributed by atoms with Gasteiger partial charge >= 0.3 is 0 Å². The monoisotopic (exact) mass is 313 g/mol. The molecule has 0 amide bonds. The predicted molar refractivity (Wildman–Crippen MR) is 35.2 cm³/mol. The van der Waals surface area contributed by atoms with Crippen molar-refractivity contribution in [2.24, 2.45) is 0 Å². The Kier molecular flexibility index (Phi) is 2.23. The summed E-state index contributed by atoms with van der Waals surface area (Å²) >= 11 is 0. The van der Waals surface area contributed by atoms with E-state index in [4.69, 9.17) is 0 Å². The first-order valence-electron chi connectivity index (χ1n) is 2.83. The molecule has 0 N–H and O–H groups in total. The van der Waals surface area contributed by atoms with Gasteiger partial charge in [0.25, 0.3) is 0 Å². The number of hydrogen-bond donors (Lipinski definition) is 0. The van der Waals surface area contributed by atoms with Gasteiger partial charge in [-0.2, -0.15) is 0 Å². The number of hydrogen-bond acceptors (Lipinski definition) is 1. The molecule has 0 aliphatic rings. The molecule has 0 radical (unpaired) electrons. The molecule has 2 nitrogen and oxygen atoms in total. The zero-order chi connectivity index (χ0) is 6.10. The molecule has 0 atom stereocenters. The Morgan fingerprint density at radius 3 is 3.00 bits per heavy atom. The Morgan fingerprint density at radius 2 is 2.20 bits per heavy atom. The van der Waals surface area contributed by atoms with Crippen LogP contribution in [-0.2, 0) is 21.1 Å². The van der Waals surface area contributed by atoms with Gasteiger partial charge in [-0.3, -0.25) is 0 Å². The van der Waals surface area contributed by atoms with E-state index in [0.29, 0.717) is 0 Å². The molecule has 2 aromatic heterocycles. The molecular formula is C7H6N2Pt. The van der Waals surface area contributed by atoms with E-state index < -0.39 is 0 Å². The van der Waals surface area contributed by atoms with Crippen molar-refractivity contribution in [3.63, 3.8) is 0 Å². The summed E-state index contributed by atoms with van der Waals surface area (Å²) in [7, 11) is 0. The van der Waals surface area contributed by atoms with E-state index in [0.717, 1.165) is 5.52 Å². The van der Waals surface area contributed by atoms with Crippen LogP contribution in [0.2, 0.25) is 0 Å². The third kappa shape index (κ3) is 1.12. The molecule has 54 valence electrons. The van der Waals surface area contributed by atoms with E-state index in [2.05, 4.69) is 4.98 Å². The first-order valence-corrected chi connectivity index (χ1v) is 2.83. The second-order valence-electron chi connectivity index (χ2n) is 1.93. The van der Waals surface area contributed by atoms with E-state index >= 15 is 0 Å². The van der Waals surface area contributed by atoms with Crippen molar-refractivity contribution in [3.05, 3.63) is 36.9 Å². The van der Waals surface area contributed by atoms with Gasteiger partial charge in [0.15, 0.2) is 0 Å². The van der Waals surface area contributed by atoms with E-state index in [9.17, 15) is 0 Å². The summed E-state index contributed by atoms with van der Waals surface area (Å²) < 4.78 is 1.97. The number of imidazole rings is 1. The smallest absolute Gasteiger partial charge is 0.0991 e. The molecule has 10 heavy (non-hydrogen) atoms. The van der Waals surface area contributed by atoms with Crippen molar-refractivity contribution in [1.29, 1.82) is 0 Å². The molecule has 3 heteroatoms. The SMILES string of the molecule is [Pt].c1ccn2cncc2c1. The van der Waals surface area contributed by atoms with Crippen molar-refractivity contribution in [2.45, 2.75) is 0 Å². The first-order chi connectivity index (χ1) is 4.47. The largest absolute Gasteiger partial charge is 0.306 e. The van der Waals surface area contributed by atoms with Crippen LogP contribution in [0, 0.1) is 0 Å². The van der Waals surface area contributed by atoms with Gasteiger partial charge in [-0.05, 0) is 12.1 Å². The number of rotatable bonds is 0. The molecule has 0 saturated carbocycles. The zero-order valence-corrected chi connectivity index (χ0v) is 7.45. The van der Waals surface area contributed by atoms with Crippen LogP contribution < -0.4 is 0 Å². The van der Waals surface area contributed by atoms with Gasteiger partial charge in [-0.25, -0.2) is 4.98 Å². The fourth-order valence-electron chi connectivity index (χ4n) is 0.865. The van der Waals surface area contributed by atoms with Crippen molar-refractivity contribution < 1.29 is 21.1 Å². The molecule has 0 spiro atoms. The van der Waals surface area contributed by atoms with Gasteiger partial charge < -0.3 is 4.40 Å². The standard InChI is InChI=1S/C7H6N2.Pt/c1-2-4-9-6-8-5-7(9)3-1;/h1-6H;. The van der Waals surface area contributed by atoms with Crippen molar-refractivity contribution >= 4 is 5.52 Å². The van der Waals surface area contributed by atoms with E-state index in [1.807, 2.05) is 35.0 Å². The van der Waals surface area contributed by atoms with Gasteiger partial charge in [0.2, 0.25) is 0 Å². The second-order valence-corrected chi connectivity index (χ2v) is 1.93. The van der Waals surface area contributed by atoms with Crippen LogP contribution >= 0.6 is 0 Å². The first kappa shape index (κ1) is 7.48. The molecule has 0 aromatic carbocycles. The third-order valence-electron chi connectivity index (χ3n) is 1.32. The van der Waals surface area contributed by atoms with Gasteiger partial charge in [-0.15, -0.1) is 0 Å². The summed E-state index contributed by atoms with van der Waals surface area (Å²) in [6.45, 7) is 0. The predicted octanol–water partition coefficient (Wildman–Crippen LogP) is 1.33. The molecule has 0 saturated heterocycles. The van der Waals surface area contributed by atoms with E-state index in [1.165, 1.54) is 0 Å². The van der Waals surface area contributed by atoms with Crippen molar-refractivity contribution in [2.75, 3.05) is 0 Å². The molecule has 0 unspecified atom stereocenters. The fourth-order valence-corrected chi connectivity index (χ4v) is 0.865. The zero-order valence-electron chi connectivity index (χ0n) is 5.17. The summed E-state index contributed by atoms with van der Waals surface area (Å²) in [5, 5.41) is 0. The van der Waals surface area contributed by atoms with Crippen LogP contribution in [0.25, 0.3) is 5.52 Å². The molecule has 0 bridgehead atoms. The quantitative estimate of drug-likeness (QED) is 0.717. The van der Waals surface area contributed by atoms with Crippen molar-refractivity contribution in [1.82, 2.24) is 9.38 Å². The van der Waals surface area contributed by atoms with Crippen LogP contribution in [0.3, 0.4) is 0 Å². The van der Waals surface area contributed by atoms with Gasteiger partial charge in [-0.1, -0.05) is 6.07 Å². The maximum atomic E-state index is 3.96. The van der Waals surface area contributed by atoms with Crippen molar-refractivity contribution in [3.8, 4) is 0 Å². The summed E-state index contributed by atoms with van der Waals surface area (Å²) in [5.41, 5.74) is 1.14. The molecule has 0 aliphatic heterocycles. The van der Waals surface area contributed by atoms with Gasteiger partial charge in [0.1, 0.15) is 0 Å². The minimum atomic E-state index is 0. The van der Waals surface area contributed by atoms with Crippen LogP contribution in [0.15, 0.2) is 36.9 Å². The number of fused-ring (bicyclic) bond motifs is 1. The third-order valence-corrected chi connectivity index (χ3v) is 1.32. The maximum absolute atomic E-state index is 3.96. The fraction of sp³-hybridized carbons (Fsp3) is 0. The number of nitrogens with zero attached hydrogens (tertiary/aromatic N) is 2. The average molecular weight is 313 g/mol. The summed E-state index contributed by atoms with van der Waals surface area (Å²) in [6, 6.07) is 6.00. The van der Waals surface area contributed by atoms with Crippen LogP contribution in [-0.4, -0.2) is 9.38 Å². The van der Waals surface area contributed by atoms with Crippen LogP contribution in [0.4, 0.5) is 0 Å². The van der Waals surface area contributed by atoms with Crippen LogP contribution in [0.5, 0.6) is 0 Å². The molecule has 2 aromatic rings. The Hall–Kier alpha value is -0.622. The molecule has 0 fully saturated rings. The molecule has 0 aliphatic carbocycles. The minimum absolute atomic E-state index is 0. The van der Waals surface area contributed by atoms with E-state index in [-0.39, 0.29) is 21.1 Å². The normalized spacial score (nSPS) is 9.20. The van der Waals surface area contributed by atoms with Gasteiger partial charge in [0, 0.05) is 27.3 Å². The maximum Gasteiger partial charge on any atom is 0.0991 e. The Morgan fingerprint density at radius 1 is 1.30 bits per heavy atom. The Labute approximate surface area is 73.2 Å². The summed E-state index contributed by atoms with van der Waals surface area (Å²) in [6.07, 6.45) is 5.59. The second kappa shape index (κ2) is 2.98. The topological polar surface area (TPSA) is 17.3 Å². The molecule has 2 rings (SSSR count). The molecular weight excluding hydrogens is 307 g/mol. The summed E-state index contributed by atoms with van der Waals surface area (Å²) in [4.78, 5) is 3.96. The molecule has 2 heterocycles. The Balaban J connectivity index is 0.000000500. The number of pyridine rings is 1.